The fourth-order valence-electron chi connectivity index (χ4n) is 1.53. The van der Waals surface area contributed by atoms with Crippen molar-refractivity contribution in [1.29, 1.82) is 0 Å². The second-order valence-corrected chi connectivity index (χ2v) is 6.69. The van der Waals surface area contributed by atoms with Crippen molar-refractivity contribution >= 4 is 34.8 Å². The molecule has 1 aliphatic heterocycles. The molecule has 2 rings (SSSR count). The van der Waals surface area contributed by atoms with E-state index in [0.29, 0.717) is 11.9 Å². The van der Waals surface area contributed by atoms with Crippen molar-refractivity contribution < 1.29 is 13.9 Å². The van der Waals surface area contributed by atoms with Crippen molar-refractivity contribution in [2.24, 2.45) is 0 Å². The first-order valence-electron chi connectivity index (χ1n) is 5.67. The molecular formula is C12H16BrFMgO2. The van der Waals surface area contributed by atoms with Crippen LogP contribution in [-0.2, 0) is 4.74 Å². The third-order valence-corrected chi connectivity index (χ3v) is 5.22. The molecule has 0 aliphatic carbocycles. The molecule has 2 nitrogen and oxygen atoms in total. The van der Waals surface area contributed by atoms with Gasteiger partial charge in [0, 0.05) is 6.61 Å². The summed E-state index contributed by atoms with van der Waals surface area (Å²) in [5.41, 5.74) is 0. The van der Waals surface area contributed by atoms with Crippen LogP contribution >= 0.6 is 12.9 Å². The van der Waals surface area contributed by atoms with Crippen molar-refractivity contribution in [1.82, 2.24) is 0 Å². The van der Waals surface area contributed by atoms with Gasteiger partial charge >= 0.3 is 18.2 Å². The lowest BCUT2D eigenvalue weighted by atomic mass is 10.3. The zero-order valence-electron chi connectivity index (χ0n) is 10.2. The molecule has 0 N–H and O–H groups in total. The zero-order chi connectivity index (χ0) is 12.7. The highest BCUT2D eigenvalue weighted by Crippen LogP contribution is 2.13. The van der Waals surface area contributed by atoms with Gasteiger partial charge in [-0.25, -0.2) is 4.39 Å². The highest BCUT2D eigenvalue weighted by atomic mass is 79.9. The van der Waals surface area contributed by atoms with Gasteiger partial charge in [-0.15, -0.1) is 3.69 Å². The third kappa shape index (κ3) is 5.55. The predicted molar refractivity (Wildman–Crippen MR) is 71.9 cm³/mol. The molecule has 1 saturated heterocycles. The Labute approximate surface area is 117 Å². The maximum atomic E-state index is 12.8. The van der Waals surface area contributed by atoms with Gasteiger partial charge in [-0.3, -0.25) is 12.9 Å². The van der Waals surface area contributed by atoms with Gasteiger partial charge in [0.15, 0.2) is 11.6 Å². The number of halogens is 2. The maximum Gasteiger partial charge on any atom is 0.506 e. The highest BCUT2D eigenvalue weighted by molar-refractivity contribution is 9.23. The summed E-state index contributed by atoms with van der Waals surface area (Å²) in [4.78, 5) is 0. The average Bonchev–Trinajstić information content (AvgIpc) is 2.82. The molecule has 1 heterocycles. The Morgan fingerprint density at radius 3 is 2.71 bits per heavy atom. The first kappa shape index (κ1) is 15.2. The molecule has 1 aliphatic rings. The molecule has 0 amide bonds. The predicted octanol–water partition coefficient (Wildman–Crippen LogP) is 2.66. The summed E-state index contributed by atoms with van der Waals surface area (Å²) < 4.78 is 23.9. The number of methoxy groups -OCH3 is 1. The standard InChI is InChI=1S/C7H6FO.C5H10O.BrH.Mg/c1-9-7-5-3-2-4-6(7)8;1-5-3-2-4-6-5;;/h2,4-5H,1H3;5H,2-4H2,1H3;1H;/q;;;+1/p-1. The largest absolute Gasteiger partial charge is 0.506 e. The number of hydrogen-bond donors (Lipinski definition) is 0. The van der Waals surface area contributed by atoms with Gasteiger partial charge in [-0.2, -0.15) is 0 Å². The molecule has 5 heteroatoms. The number of hydrogen-bond acceptors (Lipinski definition) is 2. The maximum absolute atomic E-state index is 12.8. The second kappa shape index (κ2) is 8.29. The van der Waals surface area contributed by atoms with Crippen LogP contribution in [0, 0.1) is 5.82 Å². The molecular weight excluding hydrogens is 299 g/mol. The Balaban J connectivity index is 0.000000202. The van der Waals surface area contributed by atoms with E-state index in [2.05, 4.69) is 19.8 Å². The van der Waals surface area contributed by atoms with E-state index in [9.17, 15) is 4.39 Å². The van der Waals surface area contributed by atoms with E-state index >= 15 is 0 Å². The Morgan fingerprint density at radius 1 is 1.53 bits per heavy atom. The Hall–Kier alpha value is 0.156. The third-order valence-electron chi connectivity index (χ3n) is 2.53. The van der Waals surface area contributed by atoms with Gasteiger partial charge in [-0.05, 0) is 31.9 Å². The lowest BCUT2D eigenvalue weighted by Gasteiger charge is -2.02. The number of benzene rings is 1. The minimum atomic E-state index is -0.390. The second-order valence-electron chi connectivity index (χ2n) is 3.93. The Kier molecular flexibility index (Phi) is 7.42. The zero-order valence-corrected chi connectivity index (χ0v) is 13.2. The molecule has 1 fully saturated rings. The van der Waals surface area contributed by atoms with Crippen LogP contribution in [-0.4, -0.2) is 38.0 Å². The van der Waals surface area contributed by atoms with Crippen LogP contribution in [0.2, 0.25) is 0 Å². The van der Waals surface area contributed by atoms with E-state index in [4.69, 9.17) is 9.47 Å². The first-order chi connectivity index (χ1) is 8.17. The summed E-state index contributed by atoms with van der Waals surface area (Å²) >= 11 is 3.02. The van der Waals surface area contributed by atoms with E-state index in [1.165, 1.54) is 26.0 Å². The number of rotatable bonds is 2. The van der Waals surface area contributed by atoms with Crippen LogP contribution < -0.4 is 8.43 Å². The molecule has 1 atom stereocenters. The molecule has 1 aromatic rings. The Bertz CT molecular complexity index is 343. The van der Waals surface area contributed by atoms with Crippen molar-refractivity contribution in [3.8, 4) is 5.75 Å². The minimum absolute atomic E-state index is 0.300. The van der Waals surface area contributed by atoms with E-state index in [0.717, 1.165) is 10.3 Å². The van der Waals surface area contributed by atoms with Gasteiger partial charge < -0.3 is 9.47 Å². The topological polar surface area (TPSA) is 18.5 Å². The van der Waals surface area contributed by atoms with Crippen LogP contribution in [0.15, 0.2) is 18.2 Å². The quantitative estimate of drug-likeness (QED) is 0.781. The van der Waals surface area contributed by atoms with Crippen LogP contribution in [0.25, 0.3) is 0 Å². The molecule has 1 aromatic carbocycles. The molecule has 0 bridgehead atoms. The smallest absolute Gasteiger partial charge is 0.494 e. The van der Waals surface area contributed by atoms with E-state index in [1.54, 1.807) is 12.1 Å². The molecule has 0 radical (unpaired) electrons. The van der Waals surface area contributed by atoms with E-state index in [-0.39, 0.29) is 24.0 Å². The van der Waals surface area contributed by atoms with Gasteiger partial charge in [0.1, 0.15) is 0 Å². The van der Waals surface area contributed by atoms with E-state index < -0.39 is 0 Å². The normalized spacial score (nSPS) is 18.0. The fraction of sp³-hybridized carbons (Fsp3) is 0.500. The van der Waals surface area contributed by atoms with Gasteiger partial charge in [-0.1, -0.05) is 6.07 Å². The fourth-order valence-corrected chi connectivity index (χ4v) is 3.04. The molecule has 92 valence electrons. The minimum Gasteiger partial charge on any atom is -0.494 e. The molecule has 0 spiro atoms. The van der Waals surface area contributed by atoms with Gasteiger partial charge in [0.05, 0.1) is 13.2 Å². The summed E-state index contributed by atoms with van der Waals surface area (Å²) in [6.07, 6.45) is 3.08. The molecule has 17 heavy (non-hydrogen) atoms. The summed E-state index contributed by atoms with van der Waals surface area (Å²) in [7, 11) is 1.47. The number of ether oxygens (including phenoxy) is 2. The van der Waals surface area contributed by atoms with Crippen molar-refractivity contribution in [2.75, 3.05) is 13.7 Å². The molecule has 1 unspecified atom stereocenters. The molecule has 0 saturated carbocycles. The highest BCUT2D eigenvalue weighted by Gasteiger charge is 2.07. The van der Waals surface area contributed by atoms with Crippen LogP contribution in [0.5, 0.6) is 5.75 Å². The van der Waals surface area contributed by atoms with Crippen LogP contribution in [0.3, 0.4) is 0 Å². The lowest BCUT2D eigenvalue weighted by molar-refractivity contribution is 0.125. The van der Waals surface area contributed by atoms with Crippen molar-refractivity contribution in [3.05, 3.63) is 24.0 Å². The first-order valence-corrected chi connectivity index (χ1v) is 10.3. The summed E-state index contributed by atoms with van der Waals surface area (Å²) in [6.45, 7) is 3.11. The Morgan fingerprint density at radius 2 is 2.29 bits per heavy atom. The average molecular weight is 315 g/mol. The van der Waals surface area contributed by atoms with Crippen LogP contribution in [0.4, 0.5) is 4.39 Å². The summed E-state index contributed by atoms with van der Waals surface area (Å²) in [5.74, 6) is 0.0284. The summed E-state index contributed by atoms with van der Waals surface area (Å²) in [6, 6.07) is 4.94. The van der Waals surface area contributed by atoms with E-state index in [1.807, 2.05) is 0 Å². The van der Waals surface area contributed by atoms with Gasteiger partial charge in [0.2, 0.25) is 0 Å². The monoisotopic (exact) mass is 314 g/mol. The van der Waals surface area contributed by atoms with Crippen molar-refractivity contribution in [3.63, 3.8) is 0 Å². The molecule has 0 aromatic heterocycles. The summed E-state index contributed by atoms with van der Waals surface area (Å²) in [5, 5.41) is 0. The lowest BCUT2D eigenvalue weighted by Crippen LogP contribution is -2.08. The SMILES string of the molecule is CC1CCCO1.COc1c[c]([Mg][Br])ccc1F. The van der Waals surface area contributed by atoms with Crippen molar-refractivity contribution in [2.45, 2.75) is 25.9 Å². The van der Waals surface area contributed by atoms with Crippen LogP contribution in [0.1, 0.15) is 19.8 Å². The van der Waals surface area contributed by atoms with Gasteiger partial charge in [0.25, 0.3) is 0 Å².